The van der Waals surface area contributed by atoms with Gasteiger partial charge in [-0.25, -0.2) is 0 Å². The van der Waals surface area contributed by atoms with Gasteiger partial charge in [0.2, 0.25) is 5.91 Å². The molecule has 1 amide bonds. The van der Waals surface area contributed by atoms with Gasteiger partial charge in [0, 0.05) is 11.1 Å². The van der Waals surface area contributed by atoms with Crippen LogP contribution in [0.1, 0.15) is 41.0 Å². The maximum Gasteiger partial charge on any atom is 0.224 e. The van der Waals surface area contributed by atoms with Gasteiger partial charge in [-0.3, -0.25) is 4.79 Å². The Morgan fingerprint density at radius 1 is 1.32 bits per heavy atom. The lowest BCUT2D eigenvalue weighted by Crippen LogP contribution is -2.39. The molecule has 0 fully saturated rings. The third-order valence-corrected chi connectivity index (χ3v) is 3.77. The Bertz CT molecular complexity index is 663. The Hall–Kier alpha value is -2.08. The molecular formula is C16H22N2O4. The molecule has 0 aliphatic rings. The Morgan fingerprint density at radius 2 is 2.00 bits per heavy atom. The molecule has 0 spiro atoms. The molecule has 2 heterocycles. The summed E-state index contributed by atoms with van der Waals surface area (Å²) in [6.07, 6.45) is 0.181. The van der Waals surface area contributed by atoms with Crippen LogP contribution in [-0.2, 0) is 16.8 Å². The van der Waals surface area contributed by atoms with Crippen molar-refractivity contribution in [2.45, 2.75) is 46.6 Å². The topological polar surface area (TPSA) is 88.5 Å². The van der Waals surface area contributed by atoms with Crippen LogP contribution < -0.4 is 5.32 Å². The van der Waals surface area contributed by atoms with Gasteiger partial charge in [0.05, 0.1) is 18.7 Å². The maximum atomic E-state index is 12.1. The van der Waals surface area contributed by atoms with Gasteiger partial charge in [0.25, 0.3) is 0 Å². The Morgan fingerprint density at radius 3 is 2.50 bits per heavy atom. The number of aliphatic hydroxyl groups is 1. The monoisotopic (exact) mass is 306 g/mol. The van der Waals surface area contributed by atoms with Gasteiger partial charge >= 0.3 is 0 Å². The summed E-state index contributed by atoms with van der Waals surface area (Å²) in [4.78, 5) is 12.1. The molecule has 2 rings (SSSR count). The van der Waals surface area contributed by atoms with Crippen LogP contribution in [0.2, 0.25) is 0 Å². The average molecular weight is 306 g/mol. The molecule has 2 aromatic heterocycles. The minimum Gasteiger partial charge on any atom is -0.466 e. The van der Waals surface area contributed by atoms with Gasteiger partial charge in [-0.1, -0.05) is 5.16 Å². The van der Waals surface area contributed by atoms with Gasteiger partial charge < -0.3 is 19.4 Å². The zero-order valence-corrected chi connectivity index (χ0v) is 13.6. The summed E-state index contributed by atoms with van der Waals surface area (Å²) in [6.45, 7) is 8.95. The summed E-state index contributed by atoms with van der Waals surface area (Å²) in [7, 11) is 0. The fraction of sp³-hybridized carbons (Fsp3) is 0.500. The molecule has 2 aromatic rings. The van der Waals surface area contributed by atoms with E-state index in [-0.39, 0.29) is 18.9 Å². The number of amides is 1. The van der Waals surface area contributed by atoms with E-state index in [0.29, 0.717) is 22.8 Å². The predicted octanol–water partition coefficient (Wildman–Crippen LogP) is 2.07. The molecule has 2 N–H and O–H groups in total. The molecule has 0 aliphatic carbocycles. The molecule has 0 aliphatic heterocycles. The minimum absolute atomic E-state index is 0.106. The van der Waals surface area contributed by atoms with E-state index in [9.17, 15) is 9.90 Å². The lowest BCUT2D eigenvalue weighted by atomic mass is 9.96. The van der Waals surface area contributed by atoms with E-state index in [0.717, 1.165) is 11.3 Å². The number of nitrogens with one attached hydrogen (secondary N) is 1. The Kier molecular flexibility index (Phi) is 4.42. The number of aromatic nitrogens is 1. The van der Waals surface area contributed by atoms with Gasteiger partial charge in [0.15, 0.2) is 0 Å². The Labute approximate surface area is 129 Å². The zero-order valence-electron chi connectivity index (χ0n) is 13.6. The fourth-order valence-electron chi connectivity index (χ4n) is 2.51. The highest BCUT2D eigenvalue weighted by Crippen LogP contribution is 2.26. The van der Waals surface area contributed by atoms with E-state index in [2.05, 4.69) is 10.5 Å². The van der Waals surface area contributed by atoms with Crippen molar-refractivity contribution < 1.29 is 18.8 Å². The van der Waals surface area contributed by atoms with Gasteiger partial charge in [0.1, 0.15) is 22.9 Å². The van der Waals surface area contributed by atoms with Gasteiger partial charge in [-0.05, 0) is 40.7 Å². The molecule has 22 heavy (non-hydrogen) atoms. The fourth-order valence-corrected chi connectivity index (χ4v) is 2.51. The van der Waals surface area contributed by atoms with Crippen LogP contribution >= 0.6 is 0 Å². The highest BCUT2D eigenvalue weighted by Gasteiger charge is 2.28. The number of carbonyl (C=O) groups is 1. The molecule has 0 bridgehead atoms. The van der Waals surface area contributed by atoms with Crippen molar-refractivity contribution in [3.63, 3.8) is 0 Å². The average Bonchev–Trinajstić information content (AvgIpc) is 2.93. The highest BCUT2D eigenvalue weighted by atomic mass is 16.5. The number of carbonyl (C=O) groups excluding carboxylic acids is 1. The van der Waals surface area contributed by atoms with Gasteiger partial charge in [-0.15, -0.1) is 0 Å². The number of nitrogens with zero attached hydrogens (tertiary/aromatic N) is 1. The number of hydrogen-bond donors (Lipinski definition) is 2. The molecular weight excluding hydrogens is 284 g/mol. The van der Waals surface area contributed by atoms with Crippen LogP contribution in [0.15, 0.2) is 15.0 Å². The molecule has 1 unspecified atom stereocenters. The van der Waals surface area contributed by atoms with Crippen molar-refractivity contribution in [2.24, 2.45) is 0 Å². The second-order valence-electron chi connectivity index (χ2n) is 5.86. The molecule has 0 saturated heterocycles. The lowest BCUT2D eigenvalue weighted by Gasteiger charge is -2.23. The van der Waals surface area contributed by atoms with Crippen LogP contribution in [0.3, 0.4) is 0 Å². The predicted molar refractivity (Wildman–Crippen MR) is 80.4 cm³/mol. The highest BCUT2D eigenvalue weighted by molar-refractivity contribution is 5.79. The molecule has 0 saturated carbocycles. The first-order valence-corrected chi connectivity index (χ1v) is 7.19. The summed E-state index contributed by atoms with van der Waals surface area (Å²) < 4.78 is 10.5. The molecule has 120 valence electrons. The first-order valence-electron chi connectivity index (χ1n) is 7.19. The van der Waals surface area contributed by atoms with Crippen LogP contribution in [0, 0.1) is 27.7 Å². The van der Waals surface area contributed by atoms with Crippen molar-refractivity contribution in [2.75, 3.05) is 6.54 Å². The first kappa shape index (κ1) is 16.3. The smallest absolute Gasteiger partial charge is 0.224 e. The van der Waals surface area contributed by atoms with E-state index in [1.807, 2.05) is 6.92 Å². The van der Waals surface area contributed by atoms with Crippen LogP contribution in [-0.4, -0.2) is 22.7 Å². The van der Waals surface area contributed by atoms with E-state index in [4.69, 9.17) is 8.94 Å². The Balaban J connectivity index is 2.00. The van der Waals surface area contributed by atoms with Crippen LogP contribution in [0.25, 0.3) is 0 Å². The van der Waals surface area contributed by atoms with E-state index >= 15 is 0 Å². The van der Waals surface area contributed by atoms with Crippen molar-refractivity contribution in [3.05, 3.63) is 40.2 Å². The minimum atomic E-state index is -1.18. The van der Waals surface area contributed by atoms with Crippen molar-refractivity contribution >= 4 is 5.91 Å². The second kappa shape index (κ2) is 5.96. The standard InChI is InChI=1S/C16H22N2O4/c1-9-6-14(12(4)21-9)16(5,20)8-17-15(19)7-13-10(2)18-22-11(13)3/h6,20H,7-8H2,1-5H3,(H,17,19). The SMILES string of the molecule is Cc1cc(C(C)(O)CNC(=O)Cc2c(C)noc2C)c(C)o1. The van der Waals surface area contributed by atoms with Crippen molar-refractivity contribution in [3.8, 4) is 0 Å². The largest absolute Gasteiger partial charge is 0.466 e. The summed E-state index contributed by atoms with van der Waals surface area (Å²) >= 11 is 0. The maximum absolute atomic E-state index is 12.1. The summed E-state index contributed by atoms with van der Waals surface area (Å²) in [5, 5.41) is 17.1. The number of aryl methyl sites for hydroxylation is 4. The number of rotatable bonds is 5. The normalized spacial score (nSPS) is 13.9. The molecule has 6 heteroatoms. The summed E-state index contributed by atoms with van der Waals surface area (Å²) in [5.41, 5.74) is 0.992. The molecule has 1 atom stereocenters. The quantitative estimate of drug-likeness (QED) is 0.882. The van der Waals surface area contributed by atoms with Crippen LogP contribution in [0.4, 0.5) is 0 Å². The third-order valence-electron chi connectivity index (χ3n) is 3.77. The molecule has 6 nitrogen and oxygen atoms in total. The number of furan rings is 1. The van der Waals surface area contributed by atoms with Gasteiger partial charge in [-0.2, -0.15) is 0 Å². The van der Waals surface area contributed by atoms with E-state index in [1.54, 1.807) is 33.8 Å². The molecule has 0 aromatic carbocycles. The third kappa shape index (κ3) is 3.39. The summed E-state index contributed by atoms with van der Waals surface area (Å²) in [5.74, 6) is 1.84. The van der Waals surface area contributed by atoms with Crippen molar-refractivity contribution in [1.29, 1.82) is 0 Å². The second-order valence-corrected chi connectivity index (χ2v) is 5.86. The summed E-state index contributed by atoms with van der Waals surface area (Å²) in [6, 6.07) is 1.79. The first-order chi connectivity index (χ1) is 10.2. The molecule has 0 radical (unpaired) electrons. The lowest BCUT2D eigenvalue weighted by molar-refractivity contribution is -0.121. The van der Waals surface area contributed by atoms with Crippen LogP contribution in [0.5, 0.6) is 0 Å². The number of hydrogen-bond acceptors (Lipinski definition) is 5. The van der Waals surface area contributed by atoms with E-state index in [1.165, 1.54) is 0 Å². The zero-order chi connectivity index (χ0) is 16.5. The van der Waals surface area contributed by atoms with Crippen molar-refractivity contribution in [1.82, 2.24) is 10.5 Å². The van der Waals surface area contributed by atoms with E-state index < -0.39 is 5.60 Å².